The van der Waals surface area contributed by atoms with Crippen LogP contribution >= 0.6 is 0 Å². The summed E-state index contributed by atoms with van der Waals surface area (Å²) in [6.45, 7) is 0. The van der Waals surface area contributed by atoms with Crippen molar-refractivity contribution >= 4 is 10.9 Å². The lowest BCUT2D eigenvalue weighted by Gasteiger charge is -2.16. The molecule has 2 aliphatic rings. The van der Waals surface area contributed by atoms with Gasteiger partial charge in [-0.3, -0.25) is 4.98 Å². The normalized spacial score (nSPS) is 13.1. The molecule has 0 saturated heterocycles. The highest BCUT2D eigenvalue weighted by molar-refractivity contribution is 5.86. The molecule has 4 rings (SSSR count). The van der Waals surface area contributed by atoms with E-state index in [0.29, 0.717) is 0 Å². The van der Waals surface area contributed by atoms with Crippen LogP contribution in [-0.2, 0) is 6.42 Å². The molecule has 0 radical (unpaired) electrons. The number of aromatic nitrogens is 1. The molecule has 1 aromatic heterocycles. The van der Waals surface area contributed by atoms with Gasteiger partial charge in [0.25, 0.3) is 0 Å². The van der Waals surface area contributed by atoms with Gasteiger partial charge in [0.15, 0.2) is 0 Å². The van der Waals surface area contributed by atoms with Crippen LogP contribution in [0.3, 0.4) is 0 Å². The van der Waals surface area contributed by atoms with Gasteiger partial charge in [-0.15, -0.1) is 0 Å². The maximum absolute atomic E-state index is 4.28. The number of nitrogens with zero attached hydrogens (tertiary/aromatic N) is 1. The molecule has 0 amide bonds. The van der Waals surface area contributed by atoms with E-state index in [9.17, 15) is 0 Å². The lowest BCUT2D eigenvalue weighted by Crippen LogP contribution is -2.02. The van der Waals surface area contributed by atoms with Crippen molar-refractivity contribution in [2.75, 3.05) is 0 Å². The Hall–Kier alpha value is -1.37. The third-order valence-electron chi connectivity index (χ3n) is 2.26. The van der Waals surface area contributed by atoms with Crippen molar-refractivity contribution in [3.63, 3.8) is 0 Å². The minimum Gasteiger partial charge on any atom is -0.256 e. The molecular weight excluding hydrogens is 134 g/mol. The highest BCUT2D eigenvalue weighted by Gasteiger charge is 2.12. The molecule has 0 saturated carbocycles. The Morgan fingerprint density at radius 3 is 3.00 bits per heavy atom. The highest BCUT2D eigenvalue weighted by Crippen LogP contribution is 2.29. The lowest BCUT2D eigenvalue weighted by molar-refractivity contribution is 1.11. The van der Waals surface area contributed by atoms with Crippen molar-refractivity contribution in [3.8, 4) is 0 Å². The maximum atomic E-state index is 4.28. The van der Waals surface area contributed by atoms with Gasteiger partial charge in [-0.2, -0.15) is 0 Å². The second kappa shape index (κ2) is 1.62. The summed E-state index contributed by atoms with van der Waals surface area (Å²) in [6.07, 6.45) is 3.00. The van der Waals surface area contributed by atoms with E-state index in [2.05, 4.69) is 23.2 Å². The third kappa shape index (κ3) is 0.577. The molecule has 0 aliphatic heterocycles. The van der Waals surface area contributed by atoms with Gasteiger partial charge in [0.05, 0.1) is 5.52 Å². The zero-order valence-corrected chi connectivity index (χ0v) is 6.04. The van der Waals surface area contributed by atoms with Gasteiger partial charge in [0.2, 0.25) is 0 Å². The summed E-state index contributed by atoms with van der Waals surface area (Å²) in [7, 11) is 0. The number of benzene rings is 1. The Bertz CT molecular complexity index is 432. The monoisotopic (exact) mass is 141 g/mol. The predicted molar refractivity (Wildman–Crippen MR) is 44.5 cm³/mol. The van der Waals surface area contributed by atoms with Crippen molar-refractivity contribution in [2.45, 2.75) is 6.42 Å². The molecule has 2 aromatic rings. The Labute approximate surface area is 64.7 Å². The average Bonchev–Trinajstić information content (AvgIpc) is 2.02. The maximum Gasteiger partial charge on any atom is 0.0707 e. The molecule has 2 bridgehead atoms. The summed E-state index contributed by atoms with van der Waals surface area (Å²) < 4.78 is 0. The number of hydrogen-bond acceptors (Lipinski definition) is 1. The average molecular weight is 141 g/mol. The van der Waals surface area contributed by atoms with Crippen LogP contribution in [0.2, 0.25) is 0 Å². The fourth-order valence-corrected chi connectivity index (χ4v) is 1.66. The van der Waals surface area contributed by atoms with Gasteiger partial charge in [-0.25, -0.2) is 0 Å². The summed E-state index contributed by atoms with van der Waals surface area (Å²) in [6, 6.07) is 8.55. The van der Waals surface area contributed by atoms with Crippen LogP contribution in [0.1, 0.15) is 11.1 Å². The van der Waals surface area contributed by atoms with Crippen LogP contribution in [0.15, 0.2) is 30.5 Å². The standard InChI is InChI=1S/C10H7N/c1-2-9-8-4-7(5-8)6-10(9)11-3-1/h1-4,6H,5H2. The van der Waals surface area contributed by atoms with Crippen LogP contribution in [0.5, 0.6) is 0 Å². The predicted octanol–water partition coefficient (Wildman–Crippen LogP) is 2.14. The summed E-state index contributed by atoms with van der Waals surface area (Å²) in [5.41, 5.74) is 4.02. The highest BCUT2D eigenvalue weighted by atomic mass is 14.6. The number of pyridine rings is 1. The minimum absolute atomic E-state index is 1.14. The van der Waals surface area contributed by atoms with E-state index < -0.39 is 0 Å². The topological polar surface area (TPSA) is 12.9 Å². The smallest absolute Gasteiger partial charge is 0.0707 e. The van der Waals surface area contributed by atoms with Crippen molar-refractivity contribution in [2.24, 2.45) is 0 Å². The van der Waals surface area contributed by atoms with Crippen LogP contribution in [0.4, 0.5) is 0 Å². The fourth-order valence-electron chi connectivity index (χ4n) is 1.66. The third-order valence-corrected chi connectivity index (χ3v) is 2.26. The van der Waals surface area contributed by atoms with Gasteiger partial charge in [-0.1, -0.05) is 12.1 Å². The molecule has 1 aromatic carbocycles. The van der Waals surface area contributed by atoms with Crippen LogP contribution in [0.25, 0.3) is 10.9 Å². The van der Waals surface area contributed by atoms with Gasteiger partial charge in [0, 0.05) is 11.6 Å². The van der Waals surface area contributed by atoms with Crippen molar-refractivity contribution in [1.82, 2.24) is 4.98 Å². The molecule has 0 N–H and O–H groups in total. The first-order chi connectivity index (χ1) is 5.43. The minimum atomic E-state index is 1.14. The largest absolute Gasteiger partial charge is 0.256 e. The Kier molecular flexibility index (Phi) is 0.779. The molecule has 52 valence electrons. The molecule has 11 heavy (non-hydrogen) atoms. The summed E-state index contributed by atoms with van der Waals surface area (Å²) in [5, 5.41) is 1.32. The fraction of sp³-hybridized carbons (Fsp3) is 0.100. The van der Waals surface area contributed by atoms with Crippen LogP contribution in [0, 0.1) is 0 Å². The van der Waals surface area contributed by atoms with Gasteiger partial charge < -0.3 is 0 Å². The molecule has 1 nitrogen and oxygen atoms in total. The molecule has 1 heteroatoms. The van der Waals surface area contributed by atoms with Crippen molar-refractivity contribution in [1.29, 1.82) is 0 Å². The van der Waals surface area contributed by atoms with E-state index in [1.54, 1.807) is 0 Å². The first kappa shape index (κ1) is 5.30. The summed E-state index contributed by atoms with van der Waals surface area (Å²) >= 11 is 0. The SMILES string of the molecule is c1cnc2cc3cc(c2c1)C3. The second-order valence-electron chi connectivity index (χ2n) is 3.00. The van der Waals surface area contributed by atoms with Gasteiger partial charge >= 0.3 is 0 Å². The van der Waals surface area contributed by atoms with E-state index in [1.807, 2.05) is 12.3 Å². The Balaban J connectivity index is 2.57. The zero-order valence-electron chi connectivity index (χ0n) is 6.04. The van der Waals surface area contributed by atoms with Gasteiger partial charge in [0.1, 0.15) is 0 Å². The Morgan fingerprint density at radius 2 is 2.18 bits per heavy atom. The van der Waals surface area contributed by atoms with Gasteiger partial charge in [-0.05, 0) is 29.7 Å². The van der Waals surface area contributed by atoms with E-state index in [1.165, 1.54) is 16.5 Å². The van der Waals surface area contributed by atoms with Crippen LogP contribution in [-0.4, -0.2) is 4.98 Å². The zero-order chi connectivity index (χ0) is 7.26. The molecule has 2 aliphatic carbocycles. The first-order valence-corrected chi connectivity index (χ1v) is 3.80. The van der Waals surface area contributed by atoms with E-state index in [-0.39, 0.29) is 0 Å². The van der Waals surface area contributed by atoms with Crippen LogP contribution < -0.4 is 0 Å². The van der Waals surface area contributed by atoms with E-state index >= 15 is 0 Å². The quantitative estimate of drug-likeness (QED) is 0.467. The van der Waals surface area contributed by atoms with Crippen molar-refractivity contribution in [3.05, 3.63) is 41.6 Å². The molecule has 0 atom stereocenters. The molecule has 0 spiro atoms. The molecule has 1 heterocycles. The molecule has 0 fully saturated rings. The first-order valence-electron chi connectivity index (χ1n) is 3.80. The summed E-state index contributed by atoms with van der Waals surface area (Å²) in [5.74, 6) is 0. The molecular formula is C10H7N. The molecule has 0 unspecified atom stereocenters. The second-order valence-corrected chi connectivity index (χ2v) is 3.00. The lowest BCUT2D eigenvalue weighted by atomic mass is 9.89. The van der Waals surface area contributed by atoms with E-state index in [4.69, 9.17) is 0 Å². The number of rotatable bonds is 0. The van der Waals surface area contributed by atoms with E-state index in [0.717, 1.165) is 11.9 Å². The summed E-state index contributed by atoms with van der Waals surface area (Å²) in [4.78, 5) is 4.28. The van der Waals surface area contributed by atoms with Crippen molar-refractivity contribution < 1.29 is 0 Å². The Morgan fingerprint density at radius 1 is 1.27 bits per heavy atom. The number of hydrogen-bond donors (Lipinski definition) is 0.